The molecule has 6 nitrogen and oxygen atoms in total. The molecule has 0 fully saturated rings. The van der Waals surface area contributed by atoms with E-state index < -0.39 is 118 Å². The topological polar surface area (TPSA) is 55.4 Å². The van der Waals surface area contributed by atoms with Crippen molar-refractivity contribution in [3.05, 3.63) is 0 Å². The van der Waals surface area contributed by atoms with Crippen molar-refractivity contribution in [1.82, 2.24) is 0 Å². The molecule has 0 radical (unpaired) electrons. The van der Waals surface area contributed by atoms with Gasteiger partial charge in [-0.3, -0.25) is 4.43 Å². The zero-order chi connectivity index (χ0) is 47.7. The second-order valence-electron chi connectivity index (χ2n) is 10.6. The van der Waals surface area contributed by atoms with Crippen molar-refractivity contribution in [2.75, 3.05) is 35.0 Å². The van der Waals surface area contributed by atoms with Crippen LogP contribution in [0.1, 0.15) is 6.42 Å². The predicted molar refractivity (Wildman–Crippen MR) is 120 cm³/mol. The molecular formula is C21H16F30O6Si. The first-order chi connectivity index (χ1) is 24.9. The van der Waals surface area contributed by atoms with Crippen LogP contribution in [-0.4, -0.2) is 133 Å². The summed E-state index contributed by atoms with van der Waals surface area (Å²) in [6, 6.07) is 0. The third-order valence-electron chi connectivity index (χ3n) is 7.09. The molecule has 0 saturated heterocycles. The highest BCUT2D eigenvalue weighted by Gasteiger charge is 2.98. The quantitative estimate of drug-likeness (QED) is 0.0650. The van der Waals surface area contributed by atoms with Crippen LogP contribution in [0.3, 0.4) is 0 Å². The van der Waals surface area contributed by atoms with E-state index in [9.17, 15) is 123 Å². The Bertz CT molecular complexity index is 1400. The van der Waals surface area contributed by atoms with Crippen molar-refractivity contribution >= 4 is 8.80 Å². The van der Waals surface area contributed by atoms with E-state index in [1.54, 1.807) is 0 Å². The lowest BCUT2D eigenvalue weighted by Gasteiger charge is -2.46. The van der Waals surface area contributed by atoms with Gasteiger partial charge in [0.2, 0.25) is 0 Å². The third kappa shape index (κ3) is 7.59. The van der Waals surface area contributed by atoms with Gasteiger partial charge in [-0.1, -0.05) is 0 Å². The number of ether oxygens (including phenoxy) is 3. The summed E-state index contributed by atoms with van der Waals surface area (Å²) in [4.78, 5) is 0. The summed E-state index contributed by atoms with van der Waals surface area (Å²) in [5, 5.41) is 0. The molecule has 0 rings (SSSR count). The average molecular weight is 962 g/mol. The molecule has 350 valence electrons. The molecule has 37 heteroatoms. The van der Waals surface area contributed by atoms with Gasteiger partial charge in [-0.2, -0.15) is 132 Å². The van der Waals surface area contributed by atoms with Gasteiger partial charge in [0.25, 0.3) is 0 Å². The maximum absolute atomic E-state index is 15.5. The van der Waals surface area contributed by atoms with Gasteiger partial charge < -0.3 is 23.1 Å². The minimum Gasteiger partial charge on any atom is -0.373 e. The van der Waals surface area contributed by atoms with Gasteiger partial charge in [-0.15, -0.1) is 0 Å². The monoisotopic (exact) mass is 962 g/mol. The maximum atomic E-state index is 15.5. The molecule has 0 aliphatic heterocycles. The second kappa shape index (κ2) is 15.3. The Morgan fingerprint density at radius 1 is 0.345 bits per heavy atom. The van der Waals surface area contributed by atoms with Crippen molar-refractivity contribution < 1.29 is 159 Å². The summed E-state index contributed by atoms with van der Waals surface area (Å²) in [6.07, 6.45) is -24.4. The molecule has 0 saturated carbocycles. The van der Waals surface area contributed by atoms with E-state index in [4.69, 9.17) is 0 Å². The van der Waals surface area contributed by atoms with Crippen LogP contribution in [-0.2, 0) is 27.5 Å². The highest BCUT2D eigenvalue weighted by Crippen LogP contribution is 2.65. The number of halogens is 30. The fourth-order valence-electron chi connectivity index (χ4n) is 3.58. The molecule has 0 amide bonds. The van der Waals surface area contributed by atoms with Crippen LogP contribution in [0.2, 0.25) is 0 Å². The van der Waals surface area contributed by atoms with Crippen molar-refractivity contribution in [2.45, 2.75) is 95.6 Å². The SMILES string of the molecule is COC(OC)(OC)O[Si](OC)(OCCC(F)(F)C(F)(F)C(F)(F)C(F)(F)C(F)(F)C(F)(F)F)C(F)(F)C(F)(F)C(F)(F)C(F)(F)C(F)(F)C(F)(F)C(F)(F)C(F)(F)F. The normalized spacial score (nSPS) is 17.5. The number of hydrogen-bond donors (Lipinski definition) is 0. The fraction of sp³-hybridized carbons (Fsp3) is 1.00. The largest absolute Gasteiger partial charge is 0.587 e. The highest BCUT2D eigenvalue weighted by molar-refractivity contribution is 6.64. The molecular weight excluding hydrogens is 946 g/mol. The third-order valence-corrected chi connectivity index (χ3v) is 9.81. The molecule has 0 aliphatic rings. The summed E-state index contributed by atoms with van der Waals surface area (Å²) < 4.78 is 433. The molecule has 0 bridgehead atoms. The van der Waals surface area contributed by atoms with E-state index in [-0.39, 0.29) is 21.3 Å². The minimum atomic E-state index is -9.36. The van der Waals surface area contributed by atoms with Crippen LogP contribution in [0.5, 0.6) is 0 Å². The molecule has 1 atom stereocenters. The van der Waals surface area contributed by atoms with E-state index in [0.717, 1.165) is 0 Å². The van der Waals surface area contributed by atoms with Gasteiger partial charge in [-0.25, -0.2) is 0 Å². The van der Waals surface area contributed by atoms with Crippen LogP contribution in [0.15, 0.2) is 0 Å². The molecule has 0 spiro atoms. The molecule has 0 N–H and O–H groups in total. The lowest BCUT2D eigenvalue weighted by molar-refractivity contribution is -0.472. The number of methoxy groups -OCH3 is 3. The number of rotatable bonds is 21. The molecule has 0 aliphatic carbocycles. The molecule has 58 heavy (non-hydrogen) atoms. The summed E-state index contributed by atoms with van der Waals surface area (Å²) in [6.45, 7) is -3.53. The van der Waals surface area contributed by atoms with Crippen LogP contribution >= 0.6 is 0 Å². The zero-order valence-electron chi connectivity index (χ0n) is 27.2. The van der Waals surface area contributed by atoms with Crippen molar-refractivity contribution in [1.29, 1.82) is 0 Å². The first-order valence-corrected chi connectivity index (χ1v) is 14.8. The van der Waals surface area contributed by atoms with Crippen LogP contribution in [0.25, 0.3) is 0 Å². The summed E-state index contributed by atoms with van der Waals surface area (Å²) >= 11 is 0. The van der Waals surface area contributed by atoms with Gasteiger partial charge in [0.05, 0.1) is 0 Å². The summed E-state index contributed by atoms with van der Waals surface area (Å²) in [5.41, 5.74) is -8.18. The lowest BCUT2D eigenvalue weighted by Crippen LogP contribution is -2.79. The minimum absolute atomic E-state index is 0.0298. The van der Waals surface area contributed by atoms with Gasteiger partial charge in [0, 0.05) is 41.5 Å². The van der Waals surface area contributed by atoms with Gasteiger partial charge in [-0.05, 0) is 0 Å². The Morgan fingerprint density at radius 3 is 0.862 bits per heavy atom. The summed E-state index contributed by atoms with van der Waals surface area (Å²) in [5.74, 6) is -96.0. The Hall–Kier alpha value is -2.12. The van der Waals surface area contributed by atoms with Crippen LogP contribution < -0.4 is 0 Å². The van der Waals surface area contributed by atoms with E-state index >= 15 is 8.78 Å². The first-order valence-electron chi connectivity index (χ1n) is 13.1. The maximum Gasteiger partial charge on any atom is 0.587 e. The van der Waals surface area contributed by atoms with Gasteiger partial charge >= 0.3 is 98.0 Å². The molecule has 1 unspecified atom stereocenters. The zero-order valence-corrected chi connectivity index (χ0v) is 28.2. The molecule has 0 aromatic carbocycles. The van der Waals surface area contributed by atoms with E-state index in [0.29, 0.717) is 0 Å². The average Bonchev–Trinajstić information content (AvgIpc) is 3.04. The Kier molecular flexibility index (Phi) is 14.8. The smallest absolute Gasteiger partial charge is 0.373 e. The molecule has 0 aromatic rings. The second-order valence-corrected chi connectivity index (χ2v) is 13.2. The first kappa shape index (κ1) is 55.9. The highest BCUT2D eigenvalue weighted by atomic mass is 28.4. The van der Waals surface area contributed by atoms with Crippen molar-refractivity contribution in [3.8, 4) is 0 Å². The lowest BCUT2D eigenvalue weighted by atomic mass is 9.91. The van der Waals surface area contributed by atoms with E-state index in [1.165, 1.54) is 0 Å². The molecule has 0 aromatic heterocycles. The Balaban J connectivity index is 7.75. The van der Waals surface area contributed by atoms with Crippen molar-refractivity contribution in [3.63, 3.8) is 0 Å². The standard InChI is InChI=1S/C21H16F30O6Si/c1-52-21(53-2,54-3)57-58(55-4,56-6-5-7(22,23)8(24,25)9(26,27)12(32,33)15(38,39)18(44,45)46)20(50,51)17(42,43)14(36,37)11(30,31)10(28,29)13(34,35)16(40,41)19(47,48)49/h5-6H2,1-4H3. The van der Waals surface area contributed by atoms with E-state index in [1.807, 2.05) is 0 Å². The van der Waals surface area contributed by atoms with Gasteiger partial charge in [0.15, 0.2) is 0 Å². The summed E-state index contributed by atoms with van der Waals surface area (Å²) in [7, 11) is -9.55. The Labute approximate surface area is 299 Å². The van der Waals surface area contributed by atoms with E-state index in [2.05, 4.69) is 27.5 Å². The molecule has 0 heterocycles. The Morgan fingerprint density at radius 2 is 0.603 bits per heavy atom. The fourth-order valence-corrected chi connectivity index (χ4v) is 5.90. The van der Waals surface area contributed by atoms with Crippen molar-refractivity contribution in [2.24, 2.45) is 0 Å². The van der Waals surface area contributed by atoms with Crippen LogP contribution in [0.4, 0.5) is 132 Å². The van der Waals surface area contributed by atoms with Crippen LogP contribution in [0, 0.1) is 0 Å². The number of alkyl halides is 30. The predicted octanol–water partition coefficient (Wildman–Crippen LogP) is 9.83. The number of hydrogen-bond acceptors (Lipinski definition) is 6. The van der Waals surface area contributed by atoms with Gasteiger partial charge in [0.1, 0.15) is 0 Å².